The Kier molecular flexibility index (Phi) is 5.45. The third-order valence-electron chi connectivity index (χ3n) is 2.12. The van der Waals surface area contributed by atoms with Crippen molar-refractivity contribution in [3.63, 3.8) is 0 Å². The number of hydrogen-bond acceptors (Lipinski definition) is 4. The zero-order valence-corrected chi connectivity index (χ0v) is 11.1. The first kappa shape index (κ1) is 15.4. The van der Waals surface area contributed by atoms with Gasteiger partial charge in [-0.15, -0.1) is 0 Å². The molecular formula is C12H16N4O4. The van der Waals surface area contributed by atoms with E-state index < -0.39 is 12.0 Å². The SMILES string of the molecule is CC(C)NC(=O)CNC(=O)Nc1cccnc1C(=O)O. The van der Waals surface area contributed by atoms with Crippen LogP contribution in [0.4, 0.5) is 10.5 Å². The number of amides is 3. The lowest BCUT2D eigenvalue weighted by molar-refractivity contribution is -0.120. The summed E-state index contributed by atoms with van der Waals surface area (Å²) in [6, 6.07) is 2.20. The zero-order valence-electron chi connectivity index (χ0n) is 11.1. The number of anilines is 1. The standard InChI is InChI=1S/C12H16N4O4/c1-7(2)15-9(17)6-14-12(20)16-8-4-3-5-13-10(8)11(18)19/h3-5,7H,6H2,1-2H3,(H,15,17)(H,18,19)(H2,14,16,20). The van der Waals surface area contributed by atoms with Gasteiger partial charge in [0.1, 0.15) is 0 Å². The molecular weight excluding hydrogens is 264 g/mol. The number of carboxylic acids is 1. The normalized spacial score (nSPS) is 9.95. The van der Waals surface area contributed by atoms with Crippen LogP contribution in [0.25, 0.3) is 0 Å². The van der Waals surface area contributed by atoms with Gasteiger partial charge in [0.15, 0.2) is 5.69 Å². The van der Waals surface area contributed by atoms with Gasteiger partial charge in [-0.25, -0.2) is 14.6 Å². The lowest BCUT2D eigenvalue weighted by Gasteiger charge is -2.10. The maximum atomic E-state index is 11.6. The highest BCUT2D eigenvalue weighted by Crippen LogP contribution is 2.11. The number of rotatable bonds is 5. The van der Waals surface area contributed by atoms with Crippen molar-refractivity contribution in [3.8, 4) is 0 Å². The fraction of sp³-hybridized carbons (Fsp3) is 0.333. The number of pyridine rings is 1. The van der Waals surface area contributed by atoms with Crippen molar-refractivity contribution in [3.05, 3.63) is 24.0 Å². The van der Waals surface area contributed by atoms with Gasteiger partial charge in [0.25, 0.3) is 0 Å². The summed E-state index contributed by atoms with van der Waals surface area (Å²) in [5.41, 5.74) is -0.212. The molecule has 108 valence electrons. The summed E-state index contributed by atoms with van der Waals surface area (Å²) in [7, 11) is 0. The Hall–Kier alpha value is -2.64. The van der Waals surface area contributed by atoms with Crippen LogP contribution in [0.1, 0.15) is 24.3 Å². The van der Waals surface area contributed by atoms with Gasteiger partial charge in [0.05, 0.1) is 12.2 Å². The van der Waals surface area contributed by atoms with Crippen molar-refractivity contribution >= 4 is 23.6 Å². The highest BCUT2D eigenvalue weighted by Gasteiger charge is 2.13. The fourth-order valence-electron chi connectivity index (χ4n) is 1.38. The number of carbonyl (C=O) groups excluding carboxylic acids is 2. The van der Waals surface area contributed by atoms with Crippen molar-refractivity contribution < 1.29 is 19.5 Å². The van der Waals surface area contributed by atoms with Gasteiger partial charge >= 0.3 is 12.0 Å². The van der Waals surface area contributed by atoms with E-state index in [2.05, 4.69) is 20.9 Å². The third kappa shape index (κ3) is 4.92. The molecule has 0 spiro atoms. The molecule has 0 atom stereocenters. The zero-order chi connectivity index (χ0) is 15.1. The molecule has 8 nitrogen and oxygen atoms in total. The number of urea groups is 1. The van der Waals surface area contributed by atoms with Gasteiger partial charge in [0, 0.05) is 12.2 Å². The van der Waals surface area contributed by atoms with Crippen LogP contribution in [0.5, 0.6) is 0 Å². The molecule has 0 saturated heterocycles. The van der Waals surface area contributed by atoms with E-state index in [1.165, 1.54) is 18.3 Å². The molecule has 0 saturated carbocycles. The minimum Gasteiger partial charge on any atom is -0.476 e. The van der Waals surface area contributed by atoms with Crippen LogP contribution in [0.15, 0.2) is 18.3 Å². The molecule has 1 aromatic rings. The van der Waals surface area contributed by atoms with Crippen LogP contribution in [0.2, 0.25) is 0 Å². The number of carboxylic acid groups (broad SMARTS) is 1. The van der Waals surface area contributed by atoms with Crippen molar-refractivity contribution in [2.24, 2.45) is 0 Å². The van der Waals surface area contributed by atoms with E-state index in [0.717, 1.165) is 0 Å². The van der Waals surface area contributed by atoms with Crippen molar-refractivity contribution in [1.82, 2.24) is 15.6 Å². The first-order valence-corrected chi connectivity index (χ1v) is 5.92. The molecule has 0 unspecified atom stereocenters. The molecule has 0 aromatic carbocycles. The predicted molar refractivity (Wildman–Crippen MR) is 71.5 cm³/mol. The second-order valence-corrected chi connectivity index (χ2v) is 4.23. The maximum absolute atomic E-state index is 11.6. The maximum Gasteiger partial charge on any atom is 0.356 e. The van der Waals surface area contributed by atoms with E-state index >= 15 is 0 Å². The van der Waals surface area contributed by atoms with Gasteiger partial charge in [0.2, 0.25) is 5.91 Å². The Labute approximate surface area is 115 Å². The summed E-state index contributed by atoms with van der Waals surface area (Å²) in [5, 5.41) is 16.1. The number of nitrogens with zero attached hydrogens (tertiary/aromatic N) is 1. The summed E-state index contributed by atoms with van der Waals surface area (Å²) in [5.74, 6) is -1.58. The summed E-state index contributed by atoms with van der Waals surface area (Å²) in [6.45, 7) is 3.40. The molecule has 4 N–H and O–H groups in total. The Morgan fingerprint density at radius 1 is 1.35 bits per heavy atom. The molecule has 0 aliphatic rings. The average molecular weight is 280 g/mol. The fourth-order valence-corrected chi connectivity index (χ4v) is 1.38. The summed E-state index contributed by atoms with van der Waals surface area (Å²) >= 11 is 0. The lowest BCUT2D eigenvalue weighted by atomic mass is 10.3. The minimum atomic E-state index is -1.25. The van der Waals surface area contributed by atoms with Crippen molar-refractivity contribution in [2.75, 3.05) is 11.9 Å². The van der Waals surface area contributed by atoms with Crippen LogP contribution in [-0.4, -0.2) is 40.6 Å². The van der Waals surface area contributed by atoms with Gasteiger partial charge in [-0.1, -0.05) is 0 Å². The van der Waals surface area contributed by atoms with E-state index in [9.17, 15) is 14.4 Å². The highest BCUT2D eigenvalue weighted by molar-refractivity contribution is 5.99. The van der Waals surface area contributed by atoms with Crippen LogP contribution in [0.3, 0.4) is 0 Å². The number of aromatic carboxylic acids is 1. The summed E-state index contributed by atoms with van der Waals surface area (Å²) in [4.78, 5) is 37.4. The summed E-state index contributed by atoms with van der Waals surface area (Å²) < 4.78 is 0. The second kappa shape index (κ2) is 7.07. The number of aromatic nitrogens is 1. The van der Waals surface area contributed by atoms with E-state index in [1.54, 1.807) is 13.8 Å². The Bertz CT molecular complexity index is 516. The molecule has 0 fully saturated rings. The van der Waals surface area contributed by atoms with E-state index in [1.807, 2.05) is 0 Å². The minimum absolute atomic E-state index is 0.0238. The quantitative estimate of drug-likeness (QED) is 0.623. The van der Waals surface area contributed by atoms with E-state index in [0.29, 0.717) is 0 Å². The lowest BCUT2D eigenvalue weighted by Crippen LogP contribution is -2.41. The molecule has 20 heavy (non-hydrogen) atoms. The van der Waals surface area contributed by atoms with Crippen LogP contribution < -0.4 is 16.0 Å². The Balaban J connectivity index is 2.55. The first-order valence-electron chi connectivity index (χ1n) is 5.92. The highest BCUT2D eigenvalue weighted by atomic mass is 16.4. The van der Waals surface area contributed by atoms with Gasteiger partial charge in [-0.05, 0) is 26.0 Å². The predicted octanol–water partition coefficient (Wildman–Crippen LogP) is 0.426. The molecule has 1 rings (SSSR count). The molecule has 0 radical (unpaired) electrons. The Morgan fingerprint density at radius 3 is 2.65 bits per heavy atom. The van der Waals surface area contributed by atoms with Crippen LogP contribution >= 0.6 is 0 Å². The van der Waals surface area contributed by atoms with Gasteiger partial charge < -0.3 is 21.1 Å². The molecule has 0 aliphatic heterocycles. The Morgan fingerprint density at radius 2 is 2.05 bits per heavy atom. The van der Waals surface area contributed by atoms with Gasteiger partial charge in [-0.2, -0.15) is 0 Å². The molecule has 1 aromatic heterocycles. The smallest absolute Gasteiger partial charge is 0.356 e. The number of carbonyl (C=O) groups is 3. The third-order valence-corrected chi connectivity index (χ3v) is 2.12. The topological polar surface area (TPSA) is 120 Å². The average Bonchev–Trinajstić information content (AvgIpc) is 2.36. The number of nitrogens with one attached hydrogen (secondary N) is 3. The monoisotopic (exact) mass is 280 g/mol. The molecule has 3 amide bonds. The molecule has 0 bridgehead atoms. The van der Waals surface area contributed by atoms with Gasteiger partial charge in [-0.3, -0.25) is 4.79 Å². The molecule has 1 heterocycles. The van der Waals surface area contributed by atoms with Crippen LogP contribution in [-0.2, 0) is 4.79 Å². The summed E-state index contributed by atoms with van der Waals surface area (Å²) in [6.07, 6.45) is 1.31. The number of hydrogen-bond donors (Lipinski definition) is 4. The second-order valence-electron chi connectivity index (χ2n) is 4.23. The van der Waals surface area contributed by atoms with Crippen LogP contribution in [0, 0.1) is 0 Å². The molecule has 8 heteroatoms. The largest absolute Gasteiger partial charge is 0.476 e. The van der Waals surface area contributed by atoms with E-state index in [4.69, 9.17) is 5.11 Å². The van der Waals surface area contributed by atoms with E-state index in [-0.39, 0.29) is 29.9 Å². The van der Waals surface area contributed by atoms with Crippen molar-refractivity contribution in [2.45, 2.75) is 19.9 Å². The first-order chi connectivity index (χ1) is 9.40. The van der Waals surface area contributed by atoms with Crippen molar-refractivity contribution in [1.29, 1.82) is 0 Å². The molecule has 0 aliphatic carbocycles.